The van der Waals surface area contributed by atoms with Gasteiger partial charge in [0.05, 0.1) is 30.8 Å². The van der Waals surface area contributed by atoms with Gasteiger partial charge in [-0.15, -0.1) is 0 Å². The number of likely N-dealkylation sites (N-methyl/N-ethyl adjacent to an activating group) is 1. The standard InChI is InChI=1S/C34H41N7O3/c1-38-18-8-14-29(38)25-43-33-36-31-23-39(27-12-6-3-7-13-27)19-9-15-30(31)32(37-33)40-20-21-41(28(22-40)16-17-35)34(42)44-24-26-10-4-2-5-11-26/h2-7,10-13,28-29H,8-9,14-16,18-25H2,1H3/t28-,29-/m0/s1. The second-order valence-electron chi connectivity index (χ2n) is 11.9. The molecule has 6 rings (SSSR count). The number of benzene rings is 2. The van der Waals surface area contributed by atoms with Crippen molar-refractivity contribution in [3.05, 3.63) is 77.5 Å². The summed E-state index contributed by atoms with van der Waals surface area (Å²) < 4.78 is 12.0. The Morgan fingerprint density at radius 2 is 1.75 bits per heavy atom. The van der Waals surface area contributed by atoms with Gasteiger partial charge in [0.25, 0.3) is 0 Å². The zero-order valence-corrected chi connectivity index (χ0v) is 25.5. The molecule has 0 bridgehead atoms. The number of amides is 1. The van der Waals surface area contributed by atoms with Crippen molar-refractivity contribution in [1.82, 2.24) is 19.8 Å². The molecule has 2 aromatic carbocycles. The molecule has 2 atom stereocenters. The van der Waals surface area contributed by atoms with Crippen LogP contribution in [0.2, 0.25) is 0 Å². The van der Waals surface area contributed by atoms with Crippen molar-refractivity contribution in [2.45, 2.75) is 57.3 Å². The maximum Gasteiger partial charge on any atom is 0.410 e. The number of aromatic nitrogens is 2. The number of fused-ring (bicyclic) bond motifs is 1. The van der Waals surface area contributed by atoms with Crippen LogP contribution in [-0.4, -0.2) is 84.3 Å². The number of likely N-dealkylation sites (tertiary alicyclic amines) is 1. The van der Waals surface area contributed by atoms with Crippen LogP contribution in [0.4, 0.5) is 16.3 Å². The number of hydrogen-bond acceptors (Lipinski definition) is 9. The van der Waals surface area contributed by atoms with Gasteiger partial charge in [0, 0.05) is 43.5 Å². The van der Waals surface area contributed by atoms with Crippen LogP contribution >= 0.6 is 0 Å². The van der Waals surface area contributed by atoms with Gasteiger partial charge in [0.1, 0.15) is 19.0 Å². The SMILES string of the molecule is CN1CCC[C@H]1COc1nc2c(c(N3CCN(C(=O)OCc4ccccc4)[C@@H](CC#N)C3)n1)CCCN(c1ccccc1)C2. The minimum absolute atomic E-state index is 0.202. The average molecular weight is 596 g/mol. The number of nitriles is 1. The molecular weight excluding hydrogens is 554 g/mol. The zero-order chi connectivity index (χ0) is 30.3. The van der Waals surface area contributed by atoms with E-state index in [1.807, 2.05) is 36.4 Å². The van der Waals surface area contributed by atoms with E-state index in [0.717, 1.165) is 55.0 Å². The van der Waals surface area contributed by atoms with Gasteiger partial charge in [0.2, 0.25) is 0 Å². The Bertz CT molecular complexity index is 1450. The first-order valence-electron chi connectivity index (χ1n) is 15.7. The van der Waals surface area contributed by atoms with E-state index in [2.05, 4.69) is 52.1 Å². The molecule has 10 nitrogen and oxygen atoms in total. The fraction of sp³-hybridized carbons (Fsp3) is 0.471. The Morgan fingerprint density at radius 1 is 0.955 bits per heavy atom. The molecule has 1 aromatic heterocycles. The summed E-state index contributed by atoms with van der Waals surface area (Å²) in [5.74, 6) is 0.861. The van der Waals surface area contributed by atoms with Crippen molar-refractivity contribution in [3.63, 3.8) is 0 Å². The predicted octanol–water partition coefficient (Wildman–Crippen LogP) is 4.64. The van der Waals surface area contributed by atoms with Gasteiger partial charge < -0.3 is 29.1 Å². The minimum Gasteiger partial charge on any atom is -0.462 e. The molecule has 2 saturated heterocycles. The molecule has 3 aromatic rings. The molecule has 0 N–H and O–H groups in total. The fourth-order valence-electron chi connectivity index (χ4n) is 6.50. The number of carbonyl (C=O) groups is 1. The highest BCUT2D eigenvalue weighted by atomic mass is 16.6. The Labute approximate surface area is 259 Å². The van der Waals surface area contributed by atoms with E-state index in [9.17, 15) is 10.1 Å². The lowest BCUT2D eigenvalue weighted by molar-refractivity contribution is 0.0767. The van der Waals surface area contributed by atoms with Crippen LogP contribution in [0.5, 0.6) is 6.01 Å². The van der Waals surface area contributed by atoms with Crippen molar-refractivity contribution < 1.29 is 14.3 Å². The first-order chi connectivity index (χ1) is 21.6. The van der Waals surface area contributed by atoms with Gasteiger partial charge in [-0.25, -0.2) is 4.79 Å². The molecule has 0 spiro atoms. The Morgan fingerprint density at radius 3 is 2.50 bits per heavy atom. The summed E-state index contributed by atoms with van der Waals surface area (Å²) >= 11 is 0. The topological polar surface area (TPSA) is 98.1 Å². The third-order valence-electron chi connectivity index (χ3n) is 8.99. The normalized spacial score (nSPS) is 20.5. The van der Waals surface area contributed by atoms with Crippen LogP contribution in [0.25, 0.3) is 0 Å². The molecular formula is C34H41N7O3. The van der Waals surface area contributed by atoms with Crippen LogP contribution in [0.3, 0.4) is 0 Å². The predicted molar refractivity (Wildman–Crippen MR) is 169 cm³/mol. The number of piperazine rings is 1. The highest BCUT2D eigenvalue weighted by Crippen LogP contribution is 2.32. The van der Waals surface area contributed by atoms with E-state index in [-0.39, 0.29) is 19.1 Å². The molecule has 0 saturated carbocycles. The zero-order valence-electron chi connectivity index (χ0n) is 25.5. The summed E-state index contributed by atoms with van der Waals surface area (Å²) in [5, 5.41) is 9.69. The average Bonchev–Trinajstić information content (AvgIpc) is 3.35. The number of rotatable bonds is 8. The first-order valence-corrected chi connectivity index (χ1v) is 15.7. The summed E-state index contributed by atoms with van der Waals surface area (Å²) in [6.07, 6.45) is 3.92. The lowest BCUT2D eigenvalue weighted by atomic mass is 10.1. The number of carbonyl (C=O) groups excluding carboxylic acids is 1. The molecule has 3 aliphatic rings. The maximum atomic E-state index is 13.2. The Kier molecular flexibility index (Phi) is 9.42. The second kappa shape index (κ2) is 14.0. The third kappa shape index (κ3) is 6.89. The van der Waals surface area contributed by atoms with E-state index in [1.165, 1.54) is 12.1 Å². The second-order valence-corrected chi connectivity index (χ2v) is 11.9. The van der Waals surface area contributed by atoms with Crippen molar-refractivity contribution in [2.75, 3.05) is 56.2 Å². The van der Waals surface area contributed by atoms with Crippen LogP contribution in [-0.2, 0) is 24.3 Å². The summed E-state index contributed by atoms with van der Waals surface area (Å²) in [5.41, 5.74) is 4.21. The summed E-state index contributed by atoms with van der Waals surface area (Å²) in [6.45, 7) is 4.93. The van der Waals surface area contributed by atoms with E-state index in [0.29, 0.717) is 44.8 Å². The third-order valence-corrected chi connectivity index (χ3v) is 8.99. The lowest BCUT2D eigenvalue weighted by Crippen LogP contribution is -2.55. The first kappa shape index (κ1) is 29.7. The number of hydrogen-bond donors (Lipinski definition) is 0. The lowest BCUT2D eigenvalue weighted by Gasteiger charge is -2.41. The van der Waals surface area contributed by atoms with Gasteiger partial charge in [0.15, 0.2) is 0 Å². The highest BCUT2D eigenvalue weighted by Gasteiger charge is 2.34. The Hall–Kier alpha value is -4.36. The number of para-hydroxylation sites is 1. The minimum atomic E-state index is -0.390. The maximum absolute atomic E-state index is 13.2. The fourth-order valence-corrected chi connectivity index (χ4v) is 6.50. The van der Waals surface area contributed by atoms with Crippen LogP contribution in [0, 0.1) is 11.3 Å². The summed E-state index contributed by atoms with van der Waals surface area (Å²) in [6, 6.07) is 22.8. The van der Waals surface area contributed by atoms with Gasteiger partial charge in [-0.1, -0.05) is 48.5 Å². The number of anilines is 2. The van der Waals surface area contributed by atoms with Gasteiger partial charge in [-0.3, -0.25) is 0 Å². The smallest absolute Gasteiger partial charge is 0.410 e. The summed E-state index contributed by atoms with van der Waals surface area (Å²) in [7, 11) is 2.14. The molecule has 44 heavy (non-hydrogen) atoms. The molecule has 10 heteroatoms. The molecule has 0 aliphatic carbocycles. The Balaban J connectivity index is 1.24. The monoisotopic (exact) mass is 595 g/mol. The number of ether oxygens (including phenoxy) is 2. The molecule has 2 fully saturated rings. The van der Waals surface area contributed by atoms with E-state index < -0.39 is 6.09 Å². The molecule has 4 heterocycles. The van der Waals surface area contributed by atoms with Crippen LogP contribution in [0.1, 0.15) is 42.5 Å². The van der Waals surface area contributed by atoms with Gasteiger partial charge in [-0.2, -0.15) is 15.2 Å². The molecule has 0 radical (unpaired) electrons. The number of nitrogens with zero attached hydrogens (tertiary/aromatic N) is 7. The highest BCUT2D eigenvalue weighted by molar-refractivity contribution is 5.69. The molecule has 3 aliphatic heterocycles. The quantitative estimate of drug-likeness (QED) is 0.369. The van der Waals surface area contributed by atoms with E-state index >= 15 is 0 Å². The largest absolute Gasteiger partial charge is 0.462 e. The van der Waals surface area contributed by atoms with Crippen molar-refractivity contribution in [1.29, 1.82) is 5.26 Å². The van der Waals surface area contributed by atoms with Crippen molar-refractivity contribution in [2.24, 2.45) is 0 Å². The van der Waals surface area contributed by atoms with E-state index in [1.54, 1.807) is 4.90 Å². The summed E-state index contributed by atoms with van der Waals surface area (Å²) in [4.78, 5) is 31.8. The molecule has 0 unspecified atom stereocenters. The van der Waals surface area contributed by atoms with Crippen molar-refractivity contribution >= 4 is 17.6 Å². The van der Waals surface area contributed by atoms with Crippen molar-refractivity contribution in [3.8, 4) is 12.1 Å². The molecule has 1 amide bonds. The van der Waals surface area contributed by atoms with Gasteiger partial charge >= 0.3 is 12.1 Å². The van der Waals surface area contributed by atoms with Gasteiger partial charge in [-0.05, 0) is 57.0 Å². The van der Waals surface area contributed by atoms with Crippen LogP contribution in [0.15, 0.2) is 60.7 Å². The van der Waals surface area contributed by atoms with E-state index in [4.69, 9.17) is 19.4 Å². The molecule has 230 valence electrons. The van der Waals surface area contributed by atoms with Crippen LogP contribution < -0.4 is 14.5 Å².